The molecule has 0 amide bonds. The number of aliphatic hydroxyl groups excluding tert-OH is 1. The normalized spacial score (nSPS) is 15.9. The van der Waals surface area contributed by atoms with Gasteiger partial charge in [-0.25, -0.2) is 0 Å². The molecule has 2 rings (SSSR count). The summed E-state index contributed by atoms with van der Waals surface area (Å²) in [6.45, 7) is 5.12. The van der Waals surface area contributed by atoms with Crippen molar-refractivity contribution < 1.29 is 28.9 Å². The molecule has 0 heterocycles. The number of rotatable bonds is 8. The zero-order valence-electron chi connectivity index (χ0n) is 16.5. The van der Waals surface area contributed by atoms with Gasteiger partial charge >= 0.3 is 11.9 Å². The minimum absolute atomic E-state index is 0.132. The van der Waals surface area contributed by atoms with E-state index in [2.05, 4.69) is 0 Å². The van der Waals surface area contributed by atoms with E-state index in [4.69, 9.17) is 14.2 Å². The summed E-state index contributed by atoms with van der Waals surface area (Å²) in [7, 11) is 0. The van der Waals surface area contributed by atoms with Crippen LogP contribution in [0.4, 0.5) is 0 Å². The summed E-state index contributed by atoms with van der Waals surface area (Å²) in [6, 6.07) is 3.16. The summed E-state index contributed by atoms with van der Waals surface area (Å²) in [5.74, 6) is 0.219. The number of hydrogen-bond donors (Lipinski definition) is 1. The van der Waals surface area contributed by atoms with Crippen LogP contribution in [-0.4, -0.2) is 30.3 Å². The first-order valence-electron chi connectivity index (χ1n) is 9.60. The molecule has 150 valence electrons. The Kier molecular flexibility index (Phi) is 7.66. The van der Waals surface area contributed by atoms with Gasteiger partial charge in [0.15, 0.2) is 0 Å². The molecular formula is C21H30O6. The predicted molar refractivity (Wildman–Crippen MR) is 101 cm³/mol. The molecule has 1 N–H and O–H groups in total. The maximum Gasteiger partial charge on any atom is 0.308 e. The van der Waals surface area contributed by atoms with Gasteiger partial charge in [-0.1, -0.05) is 19.3 Å². The largest absolute Gasteiger partial charge is 0.493 e. The molecule has 6 nitrogen and oxygen atoms in total. The lowest BCUT2D eigenvalue weighted by Gasteiger charge is -2.37. The van der Waals surface area contributed by atoms with E-state index >= 15 is 0 Å². The highest BCUT2D eigenvalue weighted by molar-refractivity contribution is 5.72. The van der Waals surface area contributed by atoms with E-state index in [1.165, 1.54) is 39.2 Å². The van der Waals surface area contributed by atoms with Crippen molar-refractivity contribution in [1.29, 1.82) is 0 Å². The third kappa shape index (κ3) is 6.24. The van der Waals surface area contributed by atoms with Gasteiger partial charge in [-0.3, -0.25) is 9.59 Å². The predicted octanol–water partition coefficient (Wildman–Crippen LogP) is 3.95. The van der Waals surface area contributed by atoms with Crippen molar-refractivity contribution in [1.82, 2.24) is 0 Å². The van der Waals surface area contributed by atoms with Crippen LogP contribution in [0.15, 0.2) is 12.1 Å². The Bertz CT molecular complexity index is 655. The lowest BCUT2D eigenvalue weighted by atomic mass is 9.70. The molecule has 0 bridgehead atoms. The molecule has 1 aliphatic carbocycles. The summed E-state index contributed by atoms with van der Waals surface area (Å²) >= 11 is 0. The molecule has 1 saturated carbocycles. The summed E-state index contributed by atoms with van der Waals surface area (Å²) in [4.78, 5) is 22.6. The van der Waals surface area contributed by atoms with Crippen LogP contribution in [0.5, 0.6) is 17.2 Å². The zero-order valence-corrected chi connectivity index (χ0v) is 16.5. The Hall–Kier alpha value is -2.08. The SMILES string of the molecule is CC(=O)Oc1cc(OCCC2(CCO)CCCCC2)c(C)c(OC(C)=O)c1. The monoisotopic (exact) mass is 378 g/mol. The van der Waals surface area contributed by atoms with Gasteiger partial charge < -0.3 is 19.3 Å². The Morgan fingerprint density at radius 3 is 2.22 bits per heavy atom. The van der Waals surface area contributed by atoms with Gasteiger partial charge in [-0.15, -0.1) is 0 Å². The summed E-state index contributed by atoms with van der Waals surface area (Å²) in [5, 5.41) is 9.45. The van der Waals surface area contributed by atoms with Crippen molar-refractivity contribution in [3.8, 4) is 17.2 Å². The summed E-state index contributed by atoms with van der Waals surface area (Å²) < 4.78 is 16.4. The van der Waals surface area contributed by atoms with Crippen LogP contribution < -0.4 is 14.2 Å². The van der Waals surface area contributed by atoms with Gasteiger partial charge in [-0.05, 0) is 38.0 Å². The molecule has 0 atom stereocenters. The number of aliphatic hydroxyl groups is 1. The third-order valence-electron chi connectivity index (χ3n) is 5.25. The Morgan fingerprint density at radius 2 is 1.63 bits per heavy atom. The Balaban J connectivity index is 2.13. The molecule has 0 aromatic heterocycles. The first-order chi connectivity index (χ1) is 12.8. The van der Waals surface area contributed by atoms with Crippen LogP contribution in [0, 0.1) is 12.3 Å². The number of hydrogen-bond acceptors (Lipinski definition) is 6. The van der Waals surface area contributed by atoms with E-state index in [0.717, 1.165) is 25.7 Å². The van der Waals surface area contributed by atoms with Gasteiger partial charge in [0.25, 0.3) is 0 Å². The highest BCUT2D eigenvalue weighted by Crippen LogP contribution is 2.42. The second kappa shape index (κ2) is 9.74. The molecule has 0 spiro atoms. The molecule has 0 unspecified atom stereocenters. The van der Waals surface area contributed by atoms with Crippen LogP contribution in [0.1, 0.15) is 64.4 Å². The maximum absolute atomic E-state index is 11.4. The minimum atomic E-state index is -0.456. The lowest BCUT2D eigenvalue weighted by molar-refractivity contribution is -0.132. The van der Waals surface area contributed by atoms with Gasteiger partial charge in [-0.2, -0.15) is 0 Å². The number of esters is 2. The first kappa shape index (κ1) is 21.2. The van der Waals surface area contributed by atoms with Crippen LogP contribution in [-0.2, 0) is 9.59 Å². The van der Waals surface area contributed by atoms with E-state index in [0.29, 0.717) is 23.7 Å². The van der Waals surface area contributed by atoms with Crippen LogP contribution in [0.2, 0.25) is 0 Å². The molecule has 1 aliphatic rings. The van der Waals surface area contributed by atoms with Crippen molar-refractivity contribution in [3.63, 3.8) is 0 Å². The highest BCUT2D eigenvalue weighted by Gasteiger charge is 2.31. The second-order valence-corrected chi connectivity index (χ2v) is 7.36. The molecule has 6 heteroatoms. The van der Waals surface area contributed by atoms with Crippen molar-refractivity contribution >= 4 is 11.9 Å². The topological polar surface area (TPSA) is 82.1 Å². The summed E-state index contributed by atoms with van der Waals surface area (Å²) in [6.07, 6.45) is 7.51. The van der Waals surface area contributed by atoms with Gasteiger partial charge in [0.1, 0.15) is 17.2 Å². The smallest absolute Gasteiger partial charge is 0.308 e. The average Bonchev–Trinajstić information content (AvgIpc) is 2.59. The van der Waals surface area contributed by atoms with E-state index < -0.39 is 11.9 Å². The quantitative estimate of drug-likeness (QED) is 0.545. The van der Waals surface area contributed by atoms with E-state index in [1.807, 2.05) is 0 Å². The fourth-order valence-electron chi connectivity index (χ4n) is 3.82. The Morgan fingerprint density at radius 1 is 1.00 bits per heavy atom. The number of benzene rings is 1. The molecular weight excluding hydrogens is 348 g/mol. The lowest BCUT2D eigenvalue weighted by Crippen LogP contribution is -2.27. The van der Waals surface area contributed by atoms with Crippen molar-refractivity contribution in [3.05, 3.63) is 17.7 Å². The van der Waals surface area contributed by atoms with Gasteiger partial charge in [0, 0.05) is 38.2 Å². The fraction of sp³-hybridized carbons (Fsp3) is 0.619. The second-order valence-electron chi connectivity index (χ2n) is 7.36. The summed E-state index contributed by atoms with van der Waals surface area (Å²) in [5.41, 5.74) is 0.813. The van der Waals surface area contributed by atoms with Crippen LogP contribution in [0.3, 0.4) is 0 Å². The third-order valence-corrected chi connectivity index (χ3v) is 5.25. The minimum Gasteiger partial charge on any atom is -0.493 e. The van der Waals surface area contributed by atoms with Gasteiger partial charge in [0.2, 0.25) is 0 Å². The van der Waals surface area contributed by atoms with E-state index in [-0.39, 0.29) is 17.8 Å². The number of ether oxygens (including phenoxy) is 3. The molecule has 0 aliphatic heterocycles. The van der Waals surface area contributed by atoms with E-state index in [1.54, 1.807) is 13.0 Å². The molecule has 27 heavy (non-hydrogen) atoms. The molecule has 1 aromatic rings. The molecule has 1 fully saturated rings. The Labute approximate surface area is 160 Å². The molecule has 0 radical (unpaired) electrons. The van der Waals surface area contributed by atoms with Gasteiger partial charge in [0.05, 0.1) is 6.61 Å². The van der Waals surface area contributed by atoms with Crippen LogP contribution >= 0.6 is 0 Å². The maximum atomic E-state index is 11.4. The van der Waals surface area contributed by atoms with Crippen LogP contribution in [0.25, 0.3) is 0 Å². The van der Waals surface area contributed by atoms with E-state index in [9.17, 15) is 14.7 Å². The zero-order chi connectivity index (χ0) is 19.9. The van der Waals surface area contributed by atoms with Crippen molar-refractivity contribution in [2.75, 3.05) is 13.2 Å². The number of carbonyl (C=O) groups is 2. The average molecular weight is 378 g/mol. The first-order valence-corrected chi connectivity index (χ1v) is 9.60. The standard InChI is InChI=1S/C21H30O6/c1-15-19(13-18(26-16(2)23)14-20(15)27-17(3)24)25-12-10-21(9-11-22)7-5-4-6-8-21/h13-14,22H,4-12H2,1-3H3. The highest BCUT2D eigenvalue weighted by atomic mass is 16.5. The van der Waals surface area contributed by atoms with Crippen molar-refractivity contribution in [2.45, 2.75) is 65.7 Å². The fourth-order valence-corrected chi connectivity index (χ4v) is 3.82. The molecule has 0 saturated heterocycles. The molecule has 1 aromatic carbocycles. The number of carbonyl (C=O) groups excluding carboxylic acids is 2. The van der Waals surface area contributed by atoms with Crippen molar-refractivity contribution in [2.24, 2.45) is 5.41 Å².